The number of hydrogen-bond donors (Lipinski definition) is 0. The predicted molar refractivity (Wildman–Crippen MR) is 90.0 cm³/mol. The molecule has 21 heavy (non-hydrogen) atoms. The molecule has 0 saturated heterocycles. The molecule has 118 valence electrons. The van der Waals surface area contributed by atoms with Crippen molar-refractivity contribution in [2.24, 2.45) is 0 Å². The van der Waals surface area contributed by atoms with Gasteiger partial charge >= 0.3 is 0 Å². The van der Waals surface area contributed by atoms with Crippen LogP contribution in [-0.4, -0.2) is 55.4 Å². The second-order valence-electron chi connectivity index (χ2n) is 6.04. The molecule has 1 aromatic rings. The average molecular weight is 290 g/mol. The van der Waals surface area contributed by atoms with Gasteiger partial charge in [0.2, 0.25) is 0 Å². The first-order valence-electron chi connectivity index (χ1n) is 7.98. The Balaban J connectivity index is 2.65. The summed E-state index contributed by atoms with van der Waals surface area (Å²) in [6.45, 7) is 8.83. The number of nitrogens with zero attached hydrogens (tertiary/aromatic N) is 2. The third-order valence-electron chi connectivity index (χ3n) is 3.82. The molecule has 0 amide bonds. The van der Waals surface area contributed by atoms with Gasteiger partial charge in [-0.15, -0.1) is 0 Å². The van der Waals surface area contributed by atoms with E-state index in [-0.39, 0.29) is 5.78 Å². The molecule has 1 atom stereocenters. The van der Waals surface area contributed by atoms with Crippen molar-refractivity contribution in [2.75, 3.05) is 33.7 Å². The summed E-state index contributed by atoms with van der Waals surface area (Å²) in [5.41, 5.74) is 2.13. The SMILES string of the molecule is CCCc1ccc(C(=O)CN(CC)C(C)CN(C)C)cc1. The molecule has 1 aromatic carbocycles. The molecular weight excluding hydrogens is 260 g/mol. The monoisotopic (exact) mass is 290 g/mol. The fourth-order valence-corrected chi connectivity index (χ4v) is 2.64. The van der Waals surface area contributed by atoms with E-state index >= 15 is 0 Å². The van der Waals surface area contributed by atoms with E-state index in [1.54, 1.807) is 0 Å². The summed E-state index contributed by atoms with van der Waals surface area (Å²) in [5, 5.41) is 0. The van der Waals surface area contributed by atoms with E-state index < -0.39 is 0 Å². The molecule has 0 saturated carbocycles. The van der Waals surface area contributed by atoms with Gasteiger partial charge in [0.1, 0.15) is 0 Å². The lowest BCUT2D eigenvalue weighted by Crippen LogP contribution is -2.42. The van der Waals surface area contributed by atoms with E-state index in [0.717, 1.165) is 31.5 Å². The molecule has 3 heteroatoms. The van der Waals surface area contributed by atoms with Crippen LogP contribution in [0.1, 0.15) is 43.1 Å². The first-order valence-corrected chi connectivity index (χ1v) is 7.98. The predicted octanol–water partition coefficient (Wildman–Crippen LogP) is 3.09. The van der Waals surface area contributed by atoms with Crippen LogP contribution in [-0.2, 0) is 6.42 Å². The van der Waals surface area contributed by atoms with E-state index in [0.29, 0.717) is 12.6 Å². The highest BCUT2D eigenvalue weighted by atomic mass is 16.1. The minimum absolute atomic E-state index is 0.213. The minimum atomic E-state index is 0.213. The molecule has 0 spiro atoms. The van der Waals surface area contributed by atoms with Gasteiger partial charge in [0.25, 0.3) is 0 Å². The average Bonchev–Trinajstić information content (AvgIpc) is 2.44. The summed E-state index contributed by atoms with van der Waals surface area (Å²) in [6, 6.07) is 8.48. The first-order chi connectivity index (χ1) is 9.97. The number of carbonyl (C=O) groups is 1. The van der Waals surface area contributed by atoms with Crippen LogP contribution in [0.15, 0.2) is 24.3 Å². The van der Waals surface area contributed by atoms with Crippen LogP contribution in [0.4, 0.5) is 0 Å². The molecule has 0 aliphatic rings. The summed E-state index contributed by atoms with van der Waals surface area (Å²) in [7, 11) is 4.14. The highest BCUT2D eigenvalue weighted by Crippen LogP contribution is 2.09. The summed E-state index contributed by atoms with van der Waals surface area (Å²) in [6.07, 6.45) is 2.22. The number of carbonyl (C=O) groups excluding carboxylic acids is 1. The molecular formula is C18H30N2O. The Morgan fingerprint density at radius 2 is 1.76 bits per heavy atom. The van der Waals surface area contributed by atoms with Gasteiger partial charge in [-0.3, -0.25) is 9.69 Å². The Morgan fingerprint density at radius 3 is 2.24 bits per heavy atom. The summed E-state index contributed by atoms with van der Waals surface area (Å²) >= 11 is 0. The van der Waals surface area contributed by atoms with Crippen molar-refractivity contribution < 1.29 is 4.79 Å². The fourth-order valence-electron chi connectivity index (χ4n) is 2.64. The van der Waals surface area contributed by atoms with Gasteiger partial charge < -0.3 is 4.90 Å². The Hall–Kier alpha value is -1.19. The second kappa shape index (κ2) is 8.96. The Bertz CT molecular complexity index is 425. The van der Waals surface area contributed by atoms with Crippen molar-refractivity contribution in [1.82, 2.24) is 9.80 Å². The quantitative estimate of drug-likeness (QED) is 0.653. The maximum Gasteiger partial charge on any atom is 0.176 e. The van der Waals surface area contributed by atoms with Crippen molar-refractivity contribution in [2.45, 2.75) is 39.7 Å². The molecule has 0 aromatic heterocycles. The van der Waals surface area contributed by atoms with Crippen molar-refractivity contribution in [3.05, 3.63) is 35.4 Å². The zero-order chi connectivity index (χ0) is 15.8. The van der Waals surface area contributed by atoms with Crippen LogP contribution in [0, 0.1) is 0 Å². The van der Waals surface area contributed by atoms with Crippen LogP contribution in [0.5, 0.6) is 0 Å². The fraction of sp³-hybridized carbons (Fsp3) is 0.611. The Labute approximate surface area is 129 Å². The molecule has 0 N–H and O–H groups in total. The number of likely N-dealkylation sites (N-methyl/N-ethyl adjacent to an activating group) is 2. The number of hydrogen-bond acceptors (Lipinski definition) is 3. The third kappa shape index (κ3) is 5.98. The number of rotatable bonds is 9. The second-order valence-corrected chi connectivity index (χ2v) is 6.04. The molecule has 0 aliphatic heterocycles. The zero-order valence-electron chi connectivity index (χ0n) is 14.2. The van der Waals surface area contributed by atoms with Crippen molar-refractivity contribution >= 4 is 5.78 Å². The highest BCUT2D eigenvalue weighted by molar-refractivity contribution is 5.97. The molecule has 0 aliphatic carbocycles. The zero-order valence-corrected chi connectivity index (χ0v) is 14.2. The maximum atomic E-state index is 12.4. The smallest absolute Gasteiger partial charge is 0.176 e. The minimum Gasteiger partial charge on any atom is -0.308 e. The van der Waals surface area contributed by atoms with E-state index in [2.05, 4.69) is 56.8 Å². The lowest BCUT2D eigenvalue weighted by atomic mass is 10.0. The summed E-state index contributed by atoms with van der Waals surface area (Å²) < 4.78 is 0. The van der Waals surface area contributed by atoms with Crippen LogP contribution in [0.25, 0.3) is 0 Å². The molecule has 0 bridgehead atoms. The van der Waals surface area contributed by atoms with Gasteiger partial charge in [0.05, 0.1) is 6.54 Å². The number of benzene rings is 1. The van der Waals surface area contributed by atoms with Crippen LogP contribution < -0.4 is 0 Å². The first kappa shape index (κ1) is 17.9. The summed E-state index contributed by atoms with van der Waals surface area (Å²) in [5.74, 6) is 0.213. The standard InChI is InChI=1S/C18H30N2O/c1-6-8-16-9-11-17(12-10-16)18(21)14-20(7-2)15(3)13-19(4)5/h9-12,15H,6-8,13-14H2,1-5H3. The van der Waals surface area contributed by atoms with E-state index in [4.69, 9.17) is 0 Å². The van der Waals surface area contributed by atoms with Gasteiger partial charge in [-0.05, 0) is 39.5 Å². The molecule has 1 rings (SSSR count). The van der Waals surface area contributed by atoms with Crippen molar-refractivity contribution in [3.63, 3.8) is 0 Å². The maximum absolute atomic E-state index is 12.4. The van der Waals surface area contributed by atoms with Gasteiger partial charge in [-0.25, -0.2) is 0 Å². The van der Waals surface area contributed by atoms with Gasteiger partial charge in [-0.2, -0.15) is 0 Å². The highest BCUT2D eigenvalue weighted by Gasteiger charge is 2.17. The van der Waals surface area contributed by atoms with Crippen LogP contribution >= 0.6 is 0 Å². The van der Waals surface area contributed by atoms with Gasteiger partial charge in [-0.1, -0.05) is 44.5 Å². The van der Waals surface area contributed by atoms with Crippen molar-refractivity contribution in [1.29, 1.82) is 0 Å². The number of ketones is 1. The lowest BCUT2D eigenvalue weighted by Gasteiger charge is -2.29. The van der Waals surface area contributed by atoms with Gasteiger partial charge in [0.15, 0.2) is 5.78 Å². The normalized spacial score (nSPS) is 12.9. The Kier molecular flexibility index (Phi) is 7.62. The third-order valence-corrected chi connectivity index (χ3v) is 3.82. The molecule has 0 heterocycles. The van der Waals surface area contributed by atoms with Crippen molar-refractivity contribution in [3.8, 4) is 0 Å². The largest absolute Gasteiger partial charge is 0.308 e. The molecule has 0 fully saturated rings. The summed E-state index contributed by atoms with van der Waals surface area (Å²) in [4.78, 5) is 16.8. The van der Waals surface area contributed by atoms with Crippen LogP contribution in [0.2, 0.25) is 0 Å². The number of aryl methyl sites for hydroxylation is 1. The Morgan fingerprint density at radius 1 is 1.14 bits per heavy atom. The molecule has 3 nitrogen and oxygen atoms in total. The number of Topliss-reactive ketones (excluding diaryl/α,β-unsaturated/α-hetero) is 1. The molecule has 1 unspecified atom stereocenters. The lowest BCUT2D eigenvalue weighted by molar-refractivity contribution is 0.0888. The van der Waals surface area contributed by atoms with E-state index in [1.165, 1.54) is 5.56 Å². The molecule has 0 radical (unpaired) electrons. The van der Waals surface area contributed by atoms with Gasteiger partial charge in [0, 0.05) is 18.2 Å². The topological polar surface area (TPSA) is 23.6 Å². The van der Waals surface area contributed by atoms with E-state index in [1.807, 2.05) is 12.1 Å². The van der Waals surface area contributed by atoms with E-state index in [9.17, 15) is 4.79 Å². The van der Waals surface area contributed by atoms with Crippen LogP contribution in [0.3, 0.4) is 0 Å².